The molecule has 0 radical (unpaired) electrons. The average molecular weight is 270 g/mol. The lowest BCUT2D eigenvalue weighted by molar-refractivity contribution is -0.144. The van der Waals surface area contributed by atoms with Gasteiger partial charge in [-0.15, -0.1) is 0 Å². The Hall–Kier alpha value is -1.59. The van der Waals surface area contributed by atoms with Gasteiger partial charge in [-0.25, -0.2) is 4.79 Å². The van der Waals surface area contributed by atoms with Gasteiger partial charge in [-0.2, -0.15) is 0 Å². The van der Waals surface area contributed by atoms with Crippen LogP contribution in [-0.4, -0.2) is 28.9 Å². The first-order valence-electron chi connectivity index (χ1n) is 6.67. The fraction of sp³-hybridized carbons (Fsp3) is 0.769. The second-order valence-corrected chi connectivity index (χ2v) is 5.49. The monoisotopic (exact) mass is 270 g/mol. The first kappa shape index (κ1) is 15.5. The van der Waals surface area contributed by atoms with Gasteiger partial charge < -0.3 is 16.2 Å². The number of aliphatic carboxylic acids is 1. The molecule has 0 aromatic rings. The van der Waals surface area contributed by atoms with Crippen LogP contribution in [0, 0.1) is 5.41 Å². The molecule has 1 saturated carbocycles. The third-order valence-corrected chi connectivity index (χ3v) is 3.79. The molecule has 6 nitrogen and oxygen atoms in total. The quantitative estimate of drug-likeness (QED) is 0.662. The van der Waals surface area contributed by atoms with Gasteiger partial charge in [0.15, 0.2) is 0 Å². The number of carbonyl (C=O) groups excluding carboxylic acids is 2. The molecule has 4 N–H and O–H groups in total. The van der Waals surface area contributed by atoms with E-state index in [1.807, 2.05) is 6.92 Å². The number of rotatable bonds is 6. The SMILES string of the molecule is CC1(C(=O)N[C@H](CCC(N)=O)C(=O)O)CCCCC1. The van der Waals surface area contributed by atoms with Crippen LogP contribution in [0.5, 0.6) is 0 Å². The zero-order chi connectivity index (χ0) is 14.5. The first-order valence-corrected chi connectivity index (χ1v) is 6.67. The van der Waals surface area contributed by atoms with Gasteiger partial charge in [-0.1, -0.05) is 26.2 Å². The summed E-state index contributed by atoms with van der Waals surface area (Å²) in [6.07, 6.45) is 4.64. The van der Waals surface area contributed by atoms with Gasteiger partial charge in [0, 0.05) is 11.8 Å². The Balaban J connectivity index is 2.59. The van der Waals surface area contributed by atoms with Gasteiger partial charge >= 0.3 is 5.97 Å². The van der Waals surface area contributed by atoms with E-state index in [0.717, 1.165) is 32.1 Å². The van der Waals surface area contributed by atoms with Crippen molar-refractivity contribution in [2.45, 2.75) is 57.9 Å². The van der Waals surface area contributed by atoms with Gasteiger partial charge in [-0.05, 0) is 19.3 Å². The molecule has 0 saturated heterocycles. The molecule has 0 heterocycles. The van der Waals surface area contributed by atoms with Crippen molar-refractivity contribution in [3.8, 4) is 0 Å². The zero-order valence-corrected chi connectivity index (χ0v) is 11.3. The summed E-state index contributed by atoms with van der Waals surface area (Å²) in [5.74, 6) is -1.93. The summed E-state index contributed by atoms with van der Waals surface area (Å²) in [7, 11) is 0. The van der Waals surface area contributed by atoms with E-state index in [1.54, 1.807) is 0 Å². The molecule has 6 heteroatoms. The molecule has 1 rings (SSSR count). The molecule has 1 aliphatic rings. The van der Waals surface area contributed by atoms with Crippen molar-refractivity contribution < 1.29 is 19.5 Å². The van der Waals surface area contributed by atoms with Crippen LogP contribution >= 0.6 is 0 Å². The Kier molecular flexibility index (Phi) is 5.32. The molecule has 0 aromatic carbocycles. The Morgan fingerprint density at radius 1 is 1.26 bits per heavy atom. The van der Waals surface area contributed by atoms with E-state index in [-0.39, 0.29) is 18.7 Å². The normalized spacial score (nSPS) is 19.4. The minimum atomic E-state index is -1.13. The largest absolute Gasteiger partial charge is 0.480 e. The maximum Gasteiger partial charge on any atom is 0.326 e. The van der Waals surface area contributed by atoms with Crippen molar-refractivity contribution in [2.24, 2.45) is 11.1 Å². The number of carboxylic acids is 1. The summed E-state index contributed by atoms with van der Waals surface area (Å²) >= 11 is 0. The van der Waals surface area contributed by atoms with Crippen molar-refractivity contribution in [1.82, 2.24) is 5.32 Å². The lowest BCUT2D eigenvalue weighted by Gasteiger charge is -2.33. The highest BCUT2D eigenvalue weighted by atomic mass is 16.4. The Labute approximate surface area is 112 Å². The van der Waals surface area contributed by atoms with Crippen LogP contribution in [0.3, 0.4) is 0 Å². The molecule has 108 valence electrons. The summed E-state index contributed by atoms with van der Waals surface area (Å²) in [6.45, 7) is 1.87. The molecule has 1 aliphatic carbocycles. The van der Waals surface area contributed by atoms with Gasteiger partial charge in [0.25, 0.3) is 0 Å². The highest BCUT2D eigenvalue weighted by Gasteiger charge is 2.36. The van der Waals surface area contributed by atoms with Crippen LogP contribution in [0.25, 0.3) is 0 Å². The Morgan fingerprint density at radius 3 is 2.32 bits per heavy atom. The molecule has 1 fully saturated rings. The predicted molar refractivity (Wildman–Crippen MR) is 69.2 cm³/mol. The van der Waals surface area contributed by atoms with E-state index in [4.69, 9.17) is 10.8 Å². The number of carboxylic acid groups (broad SMARTS) is 1. The molecular weight excluding hydrogens is 248 g/mol. The number of nitrogens with one attached hydrogen (secondary N) is 1. The lowest BCUT2D eigenvalue weighted by atomic mass is 9.75. The summed E-state index contributed by atoms with van der Waals surface area (Å²) in [4.78, 5) is 34.0. The fourth-order valence-corrected chi connectivity index (χ4v) is 2.44. The number of primary amides is 1. The minimum absolute atomic E-state index is 0.0342. The number of carbonyl (C=O) groups is 3. The summed E-state index contributed by atoms with van der Waals surface area (Å²) < 4.78 is 0. The number of amides is 2. The molecule has 2 amide bonds. The summed E-state index contributed by atoms with van der Waals surface area (Å²) in [5.41, 5.74) is 4.51. The third-order valence-electron chi connectivity index (χ3n) is 3.79. The Morgan fingerprint density at radius 2 is 1.84 bits per heavy atom. The maximum absolute atomic E-state index is 12.2. The van der Waals surface area contributed by atoms with Crippen LogP contribution in [-0.2, 0) is 14.4 Å². The molecule has 0 spiro atoms. The van der Waals surface area contributed by atoms with Crippen molar-refractivity contribution in [1.29, 1.82) is 0 Å². The van der Waals surface area contributed by atoms with Gasteiger partial charge in [-0.3, -0.25) is 9.59 Å². The second-order valence-electron chi connectivity index (χ2n) is 5.49. The second kappa shape index (κ2) is 6.54. The smallest absolute Gasteiger partial charge is 0.326 e. The number of hydrogen-bond acceptors (Lipinski definition) is 3. The van der Waals surface area contributed by atoms with Gasteiger partial charge in [0.05, 0.1) is 0 Å². The van der Waals surface area contributed by atoms with E-state index < -0.39 is 23.3 Å². The molecule has 1 atom stereocenters. The topological polar surface area (TPSA) is 109 Å². The van der Waals surface area contributed by atoms with E-state index in [9.17, 15) is 14.4 Å². The minimum Gasteiger partial charge on any atom is -0.480 e. The van der Waals surface area contributed by atoms with Crippen molar-refractivity contribution in [2.75, 3.05) is 0 Å². The number of nitrogens with two attached hydrogens (primary N) is 1. The molecular formula is C13H22N2O4. The fourth-order valence-electron chi connectivity index (χ4n) is 2.44. The first-order chi connectivity index (χ1) is 8.85. The van der Waals surface area contributed by atoms with Crippen LogP contribution in [0.4, 0.5) is 0 Å². The average Bonchev–Trinajstić information content (AvgIpc) is 2.34. The van der Waals surface area contributed by atoms with Crippen molar-refractivity contribution >= 4 is 17.8 Å². The lowest BCUT2D eigenvalue weighted by Crippen LogP contribution is -2.48. The molecule has 19 heavy (non-hydrogen) atoms. The standard InChI is InChI=1S/C13H22N2O4/c1-13(7-3-2-4-8-13)12(19)15-9(11(17)18)5-6-10(14)16/h9H,2-8H2,1H3,(H2,14,16)(H,15,19)(H,17,18)/t9-/m1/s1. The van der Waals surface area contributed by atoms with E-state index >= 15 is 0 Å². The highest BCUT2D eigenvalue weighted by molar-refractivity contribution is 5.87. The summed E-state index contributed by atoms with van der Waals surface area (Å²) in [5, 5.41) is 11.6. The van der Waals surface area contributed by atoms with Gasteiger partial charge in [0.1, 0.15) is 6.04 Å². The Bertz CT molecular complexity index is 362. The maximum atomic E-state index is 12.2. The van der Waals surface area contributed by atoms with E-state index in [1.165, 1.54) is 0 Å². The van der Waals surface area contributed by atoms with Crippen LogP contribution in [0.1, 0.15) is 51.9 Å². The molecule has 0 aromatic heterocycles. The van der Waals surface area contributed by atoms with Crippen LogP contribution in [0.2, 0.25) is 0 Å². The zero-order valence-electron chi connectivity index (χ0n) is 11.3. The van der Waals surface area contributed by atoms with Crippen LogP contribution < -0.4 is 11.1 Å². The van der Waals surface area contributed by atoms with E-state index in [2.05, 4.69) is 5.32 Å². The number of hydrogen-bond donors (Lipinski definition) is 3. The van der Waals surface area contributed by atoms with Crippen molar-refractivity contribution in [3.05, 3.63) is 0 Å². The van der Waals surface area contributed by atoms with Crippen molar-refractivity contribution in [3.63, 3.8) is 0 Å². The van der Waals surface area contributed by atoms with Gasteiger partial charge in [0.2, 0.25) is 11.8 Å². The molecule has 0 bridgehead atoms. The molecule has 0 aliphatic heterocycles. The third kappa shape index (κ3) is 4.54. The highest BCUT2D eigenvalue weighted by Crippen LogP contribution is 2.35. The predicted octanol–water partition coefficient (Wildman–Crippen LogP) is 0.792. The van der Waals surface area contributed by atoms with E-state index in [0.29, 0.717) is 0 Å². The summed E-state index contributed by atoms with van der Waals surface area (Å²) in [6, 6.07) is -1.04. The van der Waals surface area contributed by atoms with Crippen LogP contribution in [0.15, 0.2) is 0 Å². The molecule has 0 unspecified atom stereocenters.